The fourth-order valence-corrected chi connectivity index (χ4v) is 8.95. The lowest BCUT2D eigenvalue weighted by Gasteiger charge is -2.37. The average molecular weight is 797 g/mol. The summed E-state index contributed by atoms with van der Waals surface area (Å²) in [5, 5.41) is 23.7. The van der Waals surface area contributed by atoms with Gasteiger partial charge in [-0.2, -0.15) is 10.2 Å². The molecule has 312 valence electrons. The molecule has 0 spiro atoms. The topological polar surface area (TPSA) is 160 Å². The molecule has 14 nitrogen and oxygen atoms in total. The largest absolute Gasteiger partial charge is 0.478 e. The van der Waals surface area contributed by atoms with E-state index in [0.717, 1.165) is 121 Å². The van der Waals surface area contributed by atoms with Gasteiger partial charge in [0.1, 0.15) is 0 Å². The SMILES string of the molecule is CCc1c(C(=O)NCc2c(C)cc(C)[nH]c2=O)cc2c(cnn2C)c1N(CC)C1CCOCC1.CCc1c(C(=O)O)cc2c(cnn2C)c1N(CC)C1CCOCC1. The molecule has 14 heteroatoms. The summed E-state index contributed by atoms with van der Waals surface area (Å²) in [5.41, 5.74) is 8.96. The number of carboxylic acids is 1. The highest BCUT2D eigenvalue weighted by atomic mass is 16.5. The number of aromatic nitrogens is 5. The zero-order valence-electron chi connectivity index (χ0n) is 35.4. The van der Waals surface area contributed by atoms with Crippen LogP contribution in [0, 0.1) is 13.8 Å². The van der Waals surface area contributed by atoms with E-state index < -0.39 is 5.97 Å². The van der Waals surface area contributed by atoms with Crippen LogP contribution in [0.25, 0.3) is 21.8 Å². The molecule has 1 amide bonds. The number of aromatic carboxylic acids is 1. The number of benzene rings is 2. The summed E-state index contributed by atoms with van der Waals surface area (Å²) in [4.78, 5) is 45.4. The number of carboxylic acid groups (broad SMARTS) is 1. The molecule has 5 heterocycles. The number of fused-ring (bicyclic) bond motifs is 2. The number of hydrogen-bond acceptors (Lipinski definition) is 9. The molecule has 3 aromatic heterocycles. The zero-order valence-corrected chi connectivity index (χ0v) is 35.4. The van der Waals surface area contributed by atoms with Crippen LogP contribution in [0.15, 0.2) is 35.4 Å². The van der Waals surface area contributed by atoms with E-state index >= 15 is 0 Å². The van der Waals surface area contributed by atoms with E-state index in [1.165, 1.54) is 0 Å². The molecule has 58 heavy (non-hydrogen) atoms. The zero-order chi connectivity index (χ0) is 41.7. The van der Waals surface area contributed by atoms with E-state index in [9.17, 15) is 19.5 Å². The number of nitrogens with zero attached hydrogens (tertiary/aromatic N) is 6. The number of H-pyrrole nitrogens is 1. The third-order valence-corrected chi connectivity index (χ3v) is 11.9. The van der Waals surface area contributed by atoms with Crippen LogP contribution in [0.5, 0.6) is 0 Å². The Kier molecular flexibility index (Phi) is 13.6. The smallest absolute Gasteiger partial charge is 0.336 e. The predicted molar refractivity (Wildman–Crippen MR) is 229 cm³/mol. The third-order valence-electron chi connectivity index (χ3n) is 11.9. The Labute approximate surface area is 340 Å². The number of carbonyl (C=O) groups excluding carboxylic acids is 1. The van der Waals surface area contributed by atoms with Crippen molar-refractivity contribution in [2.45, 2.75) is 98.7 Å². The van der Waals surface area contributed by atoms with Gasteiger partial charge in [-0.05, 0) is 101 Å². The van der Waals surface area contributed by atoms with E-state index in [-0.39, 0.29) is 18.0 Å². The van der Waals surface area contributed by atoms with Gasteiger partial charge in [0.25, 0.3) is 11.5 Å². The molecular formula is C44H60N8O6. The first-order valence-electron chi connectivity index (χ1n) is 20.8. The van der Waals surface area contributed by atoms with Crippen molar-refractivity contribution in [3.63, 3.8) is 0 Å². The van der Waals surface area contributed by atoms with E-state index in [1.54, 1.807) is 10.7 Å². The quantitative estimate of drug-likeness (QED) is 0.132. The molecule has 2 fully saturated rings. The van der Waals surface area contributed by atoms with Gasteiger partial charge >= 0.3 is 5.97 Å². The highest BCUT2D eigenvalue weighted by molar-refractivity contribution is 6.05. The van der Waals surface area contributed by atoms with Crippen molar-refractivity contribution in [1.29, 1.82) is 0 Å². The van der Waals surface area contributed by atoms with E-state index in [0.29, 0.717) is 41.6 Å². The van der Waals surface area contributed by atoms with Gasteiger partial charge in [-0.3, -0.25) is 19.0 Å². The van der Waals surface area contributed by atoms with Crippen LogP contribution in [0.4, 0.5) is 11.4 Å². The van der Waals surface area contributed by atoms with Crippen LogP contribution < -0.4 is 20.7 Å². The van der Waals surface area contributed by atoms with Crippen LogP contribution in [-0.4, -0.2) is 93.1 Å². The fourth-order valence-electron chi connectivity index (χ4n) is 8.95. The molecule has 0 saturated carbocycles. The number of hydrogen-bond donors (Lipinski definition) is 3. The van der Waals surface area contributed by atoms with Gasteiger partial charge in [-0.25, -0.2) is 4.79 Å². The van der Waals surface area contributed by atoms with Gasteiger partial charge in [0.05, 0.1) is 40.4 Å². The average Bonchev–Trinajstić information content (AvgIpc) is 3.79. The van der Waals surface area contributed by atoms with Gasteiger partial charge in [0.2, 0.25) is 0 Å². The van der Waals surface area contributed by atoms with Crippen molar-refractivity contribution >= 4 is 45.1 Å². The summed E-state index contributed by atoms with van der Waals surface area (Å²) >= 11 is 0. The van der Waals surface area contributed by atoms with Crippen LogP contribution >= 0.6 is 0 Å². The molecule has 0 atom stereocenters. The molecule has 3 N–H and O–H groups in total. The van der Waals surface area contributed by atoms with Gasteiger partial charge < -0.3 is 34.7 Å². The molecule has 0 unspecified atom stereocenters. The molecular weight excluding hydrogens is 737 g/mol. The second-order valence-electron chi connectivity index (χ2n) is 15.3. The number of rotatable bonds is 12. The molecule has 2 aliphatic heterocycles. The second kappa shape index (κ2) is 18.6. The number of ether oxygens (including phenoxy) is 2. The van der Waals surface area contributed by atoms with Crippen LogP contribution in [0.2, 0.25) is 0 Å². The Morgan fingerprint density at radius 1 is 0.776 bits per heavy atom. The Hall–Kier alpha value is -5.21. The summed E-state index contributed by atoms with van der Waals surface area (Å²) in [6.07, 6.45) is 9.02. The summed E-state index contributed by atoms with van der Waals surface area (Å²) in [7, 11) is 3.76. The van der Waals surface area contributed by atoms with Crippen molar-refractivity contribution in [2.75, 3.05) is 49.3 Å². The molecule has 2 saturated heterocycles. The molecule has 0 aliphatic carbocycles. The Bertz CT molecular complexity index is 2310. The lowest BCUT2D eigenvalue weighted by atomic mass is 9.95. The summed E-state index contributed by atoms with van der Waals surface area (Å²) in [6, 6.07) is 6.35. The molecule has 7 rings (SSSR count). The number of carbonyl (C=O) groups is 2. The first-order valence-corrected chi connectivity index (χ1v) is 20.8. The Balaban J connectivity index is 0.000000208. The fraction of sp³-hybridized carbons (Fsp3) is 0.523. The van der Waals surface area contributed by atoms with Crippen molar-refractivity contribution in [3.8, 4) is 0 Å². The Morgan fingerprint density at radius 2 is 1.24 bits per heavy atom. The van der Waals surface area contributed by atoms with Crippen LogP contribution in [-0.2, 0) is 43.0 Å². The summed E-state index contributed by atoms with van der Waals surface area (Å²) in [6.45, 7) is 17.0. The van der Waals surface area contributed by atoms with E-state index in [2.05, 4.69) is 51.1 Å². The van der Waals surface area contributed by atoms with Gasteiger partial charge in [-0.15, -0.1) is 0 Å². The Morgan fingerprint density at radius 3 is 1.67 bits per heavy atom. The number of aryl methyl sites for hydroxylation is 4. The van der Waals surface area contributed by atoms with E-state index in [1.807, 2.05) is 64.1 Å². The highest BCUT2D eigenvalue weighted by Gasteiger charge is 2.29. The summed E-state index contributed by atoms with van der Waals surface area (Å²) < 4.78 is 14.7. The monoisotopic (exact) mass is 796 g/mol. The lowest BCUT2D eigenvalue weighted by molar-refractivity contribution is 0.0695. The molecule has 0 bridgehead atoms. The number of nitrogens with one attached hydrogen (secondary N) is 2. The van der Waals surface area contributed by atoms with Gasteiger partial charge in [0, 0.05) is 99.8 Å². The molecule has 2 aliphatic rings. The van der Waals surface area contributed by atoms with Crippen molar-refractivity contribution in [3.05, 3.63) is 80.0 Å². The van der Waals surface area contributed by atoms with Gasteiger partial charge in [0.15, 0.2) is 0 Å². The van der Waals surface area contributed by atoms with Crippen LogP contribution in [0.3, 0.4) is 0 Å². The minimum Gasteiger partial charge on any atom is -0.478 e. The third kappa shape index (κ3) is 8.49. The molecule has 5 aromatic rings. The van der Waals surface area contributed by atoms with Crippen molar-refractivity contribution in [2.24, 2.45) is 14.1 Å². The maximum Gasteiger partial charge on any atom is 0.336 e. The lowest BCUT2D eigenvalue weighted by Crippen LogP contribution is -2.40. The van der Waals surface area contributed by atoms with Crippen LogP contribution in [0.1, 0.15) is 102 Å². The predicted octanol–water partition coefficient (Wildman–Crippen LogP) is 6.22. The van der Waals surface area contributed by atoms with Crippen molar-refractivity contribution < 1.29 is 24.2 Å². The minimum atomic E-state index is -0.876. The first-order chi connectivity index (χ1) is 27.9. The van der Waals surface area contributed by atoms with Gasteiger partial charge in [-0.1, -0.05) is 13.8 Å². The number of amides is 1. The normalized spacial score (nSPS) is 15.0. The molecule has 0 radical (unpaired) electrons. The second-order valence-corrected chi connectivity index (χ2v) is 15.3. The maximum absolute atomic E-state index is 13.5. The number of aromatic amines is 1. The summed E-state index contributed by atoms with van der Waals surface area (Å²) in [5.74, 6) is -1.05. The number of anilines is 2. The van der Waals surface area contributed by atoms with Crippen molar-refractivity contribution in [1.82, 2.24) is 29.9 Å². The standard InChI is InChI=1S/C26H35N5O3.C18H25N3O3/c1-6-19-20(25(32)27-14-21-16(3)12-17(4)29-26(21)33)13-23-22(15-28-30(23)5)24(19)31(7-2)18-8-10-34-11-9-18;1-4-13-14(18(22)23)10-16-15(11-19-20(16)3)17(13)21(5-2)12-6-8-24-9-7-12/h12-13,15,18H,6-11,14H2,1-5H3,(H,27,32)(H,29,33);10-12H,4-9H2,1-3H3,(H,22,23). The highest BCUT2D eigenvalue weighted by Crippen LogP contribution is 2.38. The van der Waals surface area contributed by atoms with E-state index in [4.69, 9.17) is 9.47 Å². The number of pyridine rings is 1. The maximum atomic E-state index is 13.5. The first kappa shape index (κ1) is 42.4. The molecule has 2 aromatic carbocycles. The minimum absolute atomic E-state index is 0.159.